The number of hydrogen-bond donors (Lipinski definition) is 1. The van der Waals surface area contributed by atoms with Crippen LogP contribution in [0.25, 0.3) is 0 Å². The first-order valence-corrected chi connectivity index (χ1v) is 6.13. The summed E-state index contributed by atoms with van der Waals surface area (Å²) in [5.41, 5.74) is 7.70. The van der Waals surface area contributed by atoms with E-state index in [0.29, 0.717) is 12.3 Å². The Morgan fingerprint density at radius 2 is 2.24 bits per heavy atom. The van der Waals surface area contributed by atoms with Gasteiger partial charge in [-0.2, -0.15) is 0 Å². The number of hydrogen-bond acceptors (Lipinski definition) is 3. The van der Waals surface area contributed by atoms with E-state index in [0.717, 1.165) is 24.2 Å². The molecule has 17 heavy (non-hydrogen) atoms. The molecule has 0 amide bonds. The van der Waals surface area contributed by atoms with E-state index in [1.807, 2.05) is 25.1 Å². The summed E-state index contributed by atoms with van der Waals surface area (Å²) in [6.07, 6.45) is 2.33. The molecule has 0 radical (unpaired) electrons. The highest BCUT2D eigenvalue weighted by molar-refractivity contribution is 5.53. The first-order valence-electron chi connectivity index (χ1n) is 6.13. The smallest absolute Gasteiger partial charge is 0.142 e. The molecular formula is C14H21NO2. The molecule has 3 nitrogen and oxygen atoms in total. The van der Waals surface area contributed by atoms with Crippen molar-refractivity contribution in [1.29, 1.82) is 0 Å². The maximum atomic E-state index is 5.87. The van der Waals surface area contributed by atoms with Crippen molar-refractivity contribution in [2.75, 3.05) is 12.3 Å². The molecule has 1 unspecified atom stereocenters. The number of nitrogens with two attached hydrogens (primary N) is 1. The minimum atomic E-state index is -0.00776. The lowest BCUT2D eigenvalue weighted by molar-refractivity contribution is -0.0325. The van der Waals surface area contributed by atoms with Crippen LogP contribution in [0.5, 0.6) is 5.75 Å². The van der Waals surface area contributed by atoms with E-state index < -0.39 is 0 Å². The second-order valence-corrected chi connectivity index (χ2v) is 5.39. The van der Waals surface area contributed by atoms with Crippen molar-refractivity contribution in [3.05, 3.63) is 23.8 Å². The maximum absolute atomic E-state index is 5.87. The van der Waals surface area contributed by atoms with Gasteiger partial charge in [0.05, 0.1) is 17.4 Å². The summed E-state index contributed by atoms with van der Waals surface area (Å²) < 4.78 is 11.6. The van der Waals surface area contributed by atoms with Gasteiger partial charge in [0, 0.05) is 0 Å². The molecule has 1 saturated heterocycles. The van der Waals surface area contributed by atoms with Gasteiger partial charge in [0.25, 0.3) is 0 Å². The van der Waals surface area contributed by atoms with Gasteiger partial charge in [-0.05, 0) is 51.3 Å². The molecular weight excluding hydrogens is 214 g/mol. The third-order valence-electron chi connectivity index (χ3n) is 3.15. The molecule has 0 saturated carbocycles. The van der Waals surface area contributed by atoms with Gasteiger partial charge in [0.2, 0.25) is 0 Å². The lowest BCUT2D eigenvalue weighted by Crippen LogP contribution is -2.24. The van der Waals surface area contributed by atoms with Crippen LogP contribution in [0.4, 0.5) is 5.69 Å². The summed E-state index contributed by atoms with van der Waals surface area (Å²) in [7, 11) is 0. The van der Waals surface area contributed by atoms with Crippen LogP contribution >= 0.6 is 0 Å². The molecule has 0 bridgehead atoms. The zero-order valence-electron chi connectivity index (χ0n) is 10.8. The summed E-state index contributed by atoms with van der Waals surface area (Å²) >= 11 is 0. The SMILES string of the molecule is Cc1ccc(N)c(OCC2CCC(C)(C)O2)c1. The fraction of sp³-hybridized carbons (Fsp3) is 0.571. The van der Waals surface area contributed by atoms with E-state index in [9.17, 15) is 0 Å². The van der Waals surface area contributed by atoms with Crippen molar-refractivity contribution in [1.82, 2.24) is 0 Å². The highest BCUT2D eigenvalue weighted by atomic mass is 16.6. The molecule has 1 fully saturated rings. The Labute approximate surface area is 103 Å². The number of anilines is 1. The van der Waals surface area contributed by atoms with E-state index >= 15 is 0 Å². The average Bonchev–Trinajstić information content (AvgIpc) is 2.60. The van der Waals surface area contributed by atoms with Crippen LogP contribution in [0.2, 0.25) is 0 Å². The van der Waals surface area contributed by atoms with Crippen LogP contribution in [0.3, 0.4) is 0 Å². The number of nitrogen functional groups attached to an aromatic ring is 1. The molecule has 1 aliphatic rings. The Balaban J connectivity index is 1.92. The Kier molecular flexibility index (Phi) is 3.29. The van der Waals surface area contributed by atoms with E-state index in [1.165, 1.54) is 0 Å². The zero-order valence-corrected chi connectivity index (χ0v) is 10.8. The Hall–Kier alpha value is -1.22. The van der Waals surface area contributed by atoms with Crippen LogP contribution < -0.4 is 10.5 Å². The van der Waals surface area contributed by atoms with Gasteiger partial charge in [-0.15, -0.1) is 0 Å². The third-order valence-corrected chi connectivity index (χ3v) is 3.15. The minimum absolute atomic E-state index is 0.00776. The molecule has 1 aromatic carbocycles. The summed E-state index contributed by atoms with van der Waals surface area (Å²) in [6, 6.07) is 5.83. The first-order chi connectivity index (χ1) is 7.96. The second kappa shape index (κ2) is 4.57. The predicted molar refractivity (Wildman–Crippen MR) is 69.3 cm³/mol. The summed E-state index contributed by atoms with van der Waals surface area (Å²) in [4.78, 5) is 0. The second-order valence-electron chi connectivity index (χ2n) is 5.39. The van der Waals surface area contributed by atoms with E-state index in [-0.39, 0.29) is 11.7 Å². The Morgan fingerprint density at radius 3 is 2.88 bits per heavy atom. The van der Waals surface area contributed by atoms with Crippen LogP contribution in [-0.4, -0.2) is 18.3 Å². The van der Waals surface area contributed by atoms with Crippen molar-refractivity contribution in [2.45, 2.75) is 45.3 Å². The van der Waals surface area contributed by atoms with Gasteiger partial charge in [-0.25, -0.2) is 0 Å². The van der Waals surface area contributed by atoms with Crippen molar-refractivity contribution >= 4 is 5.69 Å². The van der Waals surface area contributed by atoms with Crippen molar-refractivity contribution in [3.8, 4) is 5.75 Å². The molecule has 94 valence electrons. The van der Waals surface area contributed by atoms with E-state index in [2.05, 4.69) is 13.8 Å². The molecule has 1 aliphatic heterocycles. The normalized spacial score (nSPS) is 22.6. The van der Waals surface area contributed by atoms with Gasteiger partial charge >= 0.3 is 0 Å². The Morgan fingerprint density at radius 1 is 1.47 bits per heavy atom. The highest BCUT2D eigenvalue weighted by Gasteiger charge is 2.31. The molecule has 1 heterocycles. The minimum Gasteiger partial charge on any atom is -0.489 e. The predicted octanol–water partition coefficient (Wildman–Crippen LogP) is 2.91. The summed E-state index contributed by atoms with van der Waals surface area (Å²) in [5.74, 6) is 0.762. The highest BCUT2D eigenvalue weighted by Crippen LogP contribution is 2.30. The van der Waals surface area contributed by atoms with Gasteiger partial charge < -0.3 is 15.2 Å². The van der Waals surface area contributed by atoms with Crippen LogP contribution in [0, 0.1) is 6.92 Å². The number of ether oxygens (including phenoxy) is 2. The van der Waals surface area contributed by atoms with Crippen LogP contribution in [-0.2, 0) is 4.74 Å². The van der Waals surface area contributed by atoms with Crippen molar-refractivity contribution < 1.29 is 9.47 Å². The van der Waals surface area contributed by atoms with Crippen molar-refractivity contribution in [3.63, 3.8) is 0 Å². The molecule has 0 aromatic heterocycles. The molecule has 2 N–H and O–H groups in total. The molecule has 0 aliphatic carbocycles. The van der Waals surface area contributed by atoms with E-state index in [4.69, 9.17) is 15.2 Å². The monoisotopic (exact) mass is 235 g/mol. The zero-order chi connectivity index (χ0) is 12.5. The standard InChI is InChI=1S/C14H21NO2/c1-10-4-5-12(15)13(8-10)16-9-11-6-7-14(2,3)17-11/h4-5,8,11H,6-7,9,15H2,1-3H3. The van der Waals surface area contributed by atoms with Gasteiger partial charge in [-0.3, -0.25) is 0 Å². The summed E-state index contributed by atoms with van der Waals surface area (Å²) in [5, 5.41) is 0. The lowest BCUT2D eigenvalue weighted by atomic mass is 10.1. The molecule has 1 atom stereocenters. The average molecular weight is 235 g/mol. The Bertz CT molecular complexity index is 401. The molecule has 0 spiro atoms. The quantitative estimate of drug-likeness (QED) is 0.819. The fourth-order valence-corrected chi connectivity index (χ4v) is 2.14. The molecule has 3 heteroatoms. The number of rotatable bonds is 3. The fourth-order valence-electron chi connectivity index (χ4n) is 2.14. The molecule has 1 aromatic rings. The molecule has 2 rings (SSSR count). The number of aryl methyl sites for hydroxylation is 1. The maximum Gasteiger partial charge on any atom is 0.142 e. The third kappa shape index (κ3) is 3.13. The number of benzene rings is 1. The van der Waals surface area contributed by atoms with Crippen LogP contribution in [0.15, 0.2) is 18.2 Å². The van der Waals surface area contributed by atoms with Gasteiger partial charge in [0.1, 0.15) is 12.4 Å². The summed E-state index contributed by atoms with van der Waals surface area (Å²) in [6.45, 7) is 6.85. The van der Waals surface area contributed by atoms with E-state index in [1.54, 1.807) is 0 Å². The largest absolute Gasteiger partial charge is 0.489 e. The topological polar surface area (TPSA) is 44.5 Å². The van der Waals surface area contributed by atoms with Crippen molar-refractivity contribution in [2.24, 2.45) is 0 Å². The van der Waals surface area contributed by atoms with Gasteiger partial charge in [-0.1, -0.05) is 6.07 Å². The van der Waals surface area contributed by atoms with Gasteiger partial charge in [0.15, 0.2) is 0 Å². The van der Waals surface area contributed by atoms with Crippen LogP contribution in [0.1, 0.15) is 32.3 Å². The first kappa shape index (κ1) is 12.2. The lowest BCUT2D eigenvalue weighted by Gasteiger charge is -2.19.